The summed E-state index contributed by atoms with van der Waals surface area (Å²) in [4.78, 5) is 25.5. The number of allylic oxidation sites excluding steroid dienone is 1. The van der Waals surface area contributed by atoms with E-state index in [-0.39, 0.29) is 17.3 Å². The average Bonchev–Trinajstić information content (AvgIpc) is 2.65. The Bertz CT molecular complexity index is 1100. The molecule has 3 aromatic rings. The molecule has 126 valence electrons. The van der Waals surface area contributed by atoms with Gasteiger partial charge < -0.3 is 5.11 Å². The molecule has 1 aliphatic rings. The van der Waals surface area contributed by atoms with E-state index in [1.54, 1.807) is 42.5 Å². The molecule has 0 saturated carbocycles. The highest BCUT2D eigenvalue weighted by Crippen LogP contribution is 2.37. The lowest BCUT2D eigenvalue weighted by molar-refractivity contribution is 0.103. The number of halogens is 1. The first-order valence-corrected chi connectivity index (χ1v) is 8.41. The zero-order valence-electron chi connectivity index (χ0n) is 13.6. The predicted octanol–water partition coefficient (Wildman–Crippen LogP) is 4.90. The normalized spacial score (nSPS) is 14.0. The summed E-state index contributed by atoms with van der Waals surface area (Å²) in [6, 6.07) is 18.4. The molecule has 0 radical (unpaired) electrons. The Kier molecular flexibility index (Phi) is 3.94. The van der Waals surface area contributed by atoms with Crippen molar-refractivity contribution in [2.45, 2.75) is 0 Å². The Morgan fingerprint density at radius 3 is 2.35 bits per heavy atom. The largest absolute Gasteiger partial charge is 0.508 e. The second-order valence-electron chi connectivity index (χ2n) is 6.04. The van der Waals surface area contributed by atoms with E-state index in [2.05, 4.69) is 0 Å². The fourth-order valence-corrected chi connectivity index (χ4v) is 3.34. The highest BCUT2D eigenvalue weighted by atomic mass is 35.5. The quantitative estimate of drug-likeness (QED) is 0.408. The van der Waals surface area contributed by atoms with Crippen molar-refractivity contribution in [2.24, 2.45) is 0 Å². The van der Waals surface area contributed by atoms with Crippen molar-refractivity contribution in [3.63, 3.8) is 0 Å². The van der Waals surface area contributed by atoms with Crippen LogP contribution < -0.4 is 0 Å². The van der Waals surface area contributed by atoms with Crippen LogP contribution in [0, 0.1) is 0 Å². The number of hydrogen-bond acceptors (Lipinski definition) is 3. The lowest BCUT2D eigenvalue weighted by Gasteiger charge is -2.21. The Balaban J connectivity index is 1.93. The standard InChI is InChI=1S/C22H13ClO3/c23-14-8-9-18-19(11-14)20(16-6-1-2-7-17(16)22(18)26)12-21(25)13-4-3-5-15(24)10-13/h1-12,24H. The van der Waals surface area contributed by atoms with Gasteiger partial charge in [-0.05, 0) is 53.1 Å². The third-order valence-electron chi connectivity index (χ3n) is 4.38. The first-order chi connectivity index (χ1) is 12.5. The molecule has 0 bridgehead atoms. The first-order valence-electron chi connectivity index (χ1n) is 8.03. The number of benzene rings is 3. The highest BCUT2D eigenvalue weighted by molar-refractivity contribution is 6.31. The lowest BCUT2D eigenvalue weighted by atomic mass is 9.80. The van der Waals surface area contributed by atoms with Crippen molar-refractivity contribution < 1.29 is 14.7 Å². The van der Waals surface area contributed by atoms with Crippen LogP contribution in [-0.2, 0) is 0 Å². The van der Waals surface area contributed by atoms with Gasteiger partial charge >= 0.3 is 0 Å². The molecule has 26 heavy (non-hydrogen) atoms. The van der Waals surface area contributed by atoms with E-state index in [1.807, 2.05) is 12.1 Å². The van der Waals surface area contributed by atoms with Gasteiger partial charge in [0, 0.05) is 21.7 Å². The molecule has 3 aromatic carbocycles. The van der Waals surface area contributed by atoms with Crippen molar-refractivity contribution >= 4 is 28.7 Å². The van der Waals surface area contributed by atoms with E-state index in [9.17, 15) is 14.7 Å². The number of phenols is 1. The van der Waals surface area contributed by atoms with E-state index in [4.69, 9.17) is 11.6 Å². The van der Waals surface area contributed by atoms with Gasteiger partial charge in [-0.2, -0.15) is 0 Å². The van der Waals surface area contributed by atoms with Gasteiger partial charge in [0.2, 0.25) is 0 Å². The molecular weight excluding hydrogens is 348 g/mol. The molecule has 0 unspecified atom stereocenters. The number of hydrogen-bond donors (Lipinski definition) is 1. The monoisotopic (exact) mass is 360 g/mol. The smallest absolute Gasteiger partial charge is 0.194 e. The summed E-state index contributed by atoms with van der Waals surface area (Å²) in [5.74, 6) is -0.322. The zero-order chi connectivity index (χ0) is 18.3. The molecule has 0 spiro atoms. The van der Waals surface area contributed by atoms with Crippen molar-refractivity contribution in [1.82, 2.24) is 0 Å². The Morgan fingerprint density at radius 1 is 0.846 bits per heavy atom. The van der Waals surface area contributed by atoms with Crippen LogP contribution >= 0.6 is 11.6 Å². The molecule has 4 heteroatoms. The summed E-state index contributed by atoms with van der Waals surface area (Å²) in [5, 5.41) is 10.1. The van der Waals surface area contributed by atoms with Gasteiger partial charge in [-0.25, -0.2) is 0 Å². The van der Waals surface area contributed by atoms with Crippen molar-refractivity contribution in [3.8, 4) is 5.75 Å². The Morgan fingerprint density at radius 2 is 1.58 bits per heavy atom. The molecular formula is C22H13ClO3. The van der Waals surface area contributed by atoms with E-state index < -0.39 is 0 Å². The minimum Gasteiger partial charge on any atom is -0.508 e. The second kappa shape index (κ2) is 6.28. The molecule has 0 atom stereocenters. The fourth-order valence-electron chi connectivity index (χ4n) is 3.17. The molecule has 0 aliphatic heterocycles. The van der Waals surface area contributed by atoms with Crippen LogP contribution in [0.2, 0.25) is 5.02 Å². The van der Waals surface area contributed by atoms with Gasteiger partial charge in [0.1, 0.15) is 5.75 Å². The van der Waals surface area contributed by atoms with Gasteiger partial charge in [0.05, 0.1) is 0 Å². The predicted molar refractivity (Wildman–Crippen MR) is 101 cm³/mol. The van der Waals surface area contributed by atoms with Crippen LogP contribution in [0.4, 0.5) is 0 Å². The summed E-state index contributed by atoms with van der Waals surface area (Å²) < 4.78 is 0. The van der Waals surface area contributed by atoms with Crippen molar-refractivity contribution in [3.05, 3.63) is 106 Å². The maximum atomic E-state index is 12.8. The summed E-state index contributed by atoms with van der Waals surface area (Å²) in [5.41, 5.74) is 3.41. The SMILES string of the molecule is O=C(C=C1c2ccccc2C(=O)c2ccc(Cl)cc21)c1cccc(O)c1. The topological polar surface area (TPSA) is 54.4 Å². The molecule has 0 aromatic heterocycles. The third-order valence-corrected chi connectivity index (χ3v) is 4.62. The lowest BCUT2D eigenvalue weighted by Crippen LogP contribution is -2.15. The maximum absolute atomic E-state index is 12.8. The number of phenolic OH excluding ortho intramolecular Hbond substituents is 1. The zero-order valence-corrected chi connectivity index (χ0v) is 14.3. The van der Waals surface area contributed by atoms with Crippen LogP contribution in [-0.4, -0.2) is 16.7 Å². The van der Waals surface area contributed by atoms with Crippen LogP contribution in [0.15, 0.2) is 72.8 Å². The second-order valence-corrected chi connectivity index (χ2v) is 6.47. The first kappa shape index (κ1) is 16.3. The molecule has 0 saturated heterocycles. The fraction of sp³-hybridized carbons (Fsp3) is 0. The highest BCUT2D eigenvalue weighted by Gasteiger charge is 2.27. The summed E-state index contributed by atoms with van der Waals surface area (Å²) in [6.45, 7) is 0. The summed E-state index contributed by atoms with van der Waals surface area (Å²) >= 11 is 6.13. The van der Waals surface area contributed by atoms with E-state index in [0.717, 1.165) is 0 Å². The minimum atomic E-state index is -0.258. The van der Waals surface area contributed by atoms with Gasteiger partial charge in [-0.3, -0.25) is 9.59 Å². The van der Waals surface area contributed by atoms with E-state index in [0.29, 0.717) is 38.4 Å². The molecule has 1 aliphatic carbocycles. The van der Waals surface area contributed by atoms with Crippen LogP contribution in [0.1, 0.15) is 37.4 Å². The number of aromatic hydroxyl groups is 1. The summed E-state index contributed by atoms with van der Waals surface area (Å²) in [7, 11) is 0. The van der Waals surface area contributed by atoms with Gasteiger partial charge in [-0.15, -0.1) is 0 Å². The molecule has 0 fully saturated rings. The third kappa shape index (κ3) is 2.72. The van der Waals surface area contributed by atoms with Gasteiger partial charge in [-0.1, -0.05) is 48.0 Å². The van der Waals surface area contributed by atoms with Gasteiger partial charge in [0.25, 0.3) is 0 Å². The Hall–Kier alpha value is -3.17. The van der Waals surface area contributed by atoms with Crippen LogP contribution in [0.5, 0.6) is 5.75 Å². The van der Waals surface area contributed by atoms with Crippen molar-refractivity contribution in [2.75, 3.05) is 0 Å². The number of rotatable bonds is 2. The number of carbonyl (C=O) groups is 2. The van der Waals surface area contributed by atoms with Crippen LogP contribution in [0.3, 0.4) is 0 Å². The molecule has 1 N–H and O–H groups in total. The number of ketones is 2. The number of fused-ring (bicyclic) bond motifs is 2. The maximum Gasteiger partial charge on any atom is 0.194 e. The molecule has 0 heterocycles. The summed E-state index contributed by atoms with van der Waals surface area (Å²) in [6.07, 6.45) is 1.50. The molecule has 3 nitrogen and oxygen atoms in total. The van der Waals surface area contributed by atoms with Crippen molar-refractivity contribution in [1.29, 1.82) is 0 Å². The van der Waals surface area contributed by atoms with Gasteiger partial charge in [0.15, 0.2) is 11.6 Å². The van der Waals surface area contributed by atoms with Crippen LogP contribution in [0.25, 0.3) is 5.57 Å². The minimum absolute atomic E-state index is 0.0249. The molecule has 4 rings (SSSR count). The van der Waals surface area contributed by atoms with E-state index >= 15 is 0 Å². The average molecular weight is 361 g/mol. The number of carbonyl (C=O) groups excluding carboxylic acids is 2. The molecule has 0 amide bonds. The van der Waals surface area contributed by atoms with E-state index in [1.165, 1.54) is 18.2 Å². The Labute approximate surface area is 155 Å².